The lowest BCUT2D eigenvalue weighted by atomic mass is 10.1. The van der Waals surface area contributed by atoms with E-state index in [-0.39, 0.29) is 23.3 Å². The number of benzene rings is 1. The van der Waals surface area contributed by atoms with Gasteiger partial charge in [-0.2, -0.15) is 0 Å². The summed E-state index contributed by atoms with van der Waals surface area (Å²) >= 11 is 0. The topological polar surface area (TPSA) is 111 Å². The van der Waals surface area contributed by atoms with Crippen LogP contribution in [-0.4, -0.2) is 43.1 Å². The molecule has 9 heteroatoms. The van der Waals surface area contributed by atoms with Gasteiger partial charge in [0, 0.05) is 24.6 Å². The predicted octanol–water partition coefficient (Wildman–Crippen LogP) is 4.63. The molecular formula is C25H26FN7O. The van der Waals surface area contributed by atoms with Crippen LogP contribution in [0, 0.1) is 23.6 Å². The summed E-state index contributed by atoms with van der Waals surface area (Å²) < 4.78 is 16.6. The van der Waals surface area contributed by atoms with Crippen molar-refractivity contribution in [1.82, 2.24) is 19.4 Å². The Balaban J connectivity index is 1.38. The summed E-state index contributed by atoms with van der Waals surface area (Å²) in [5.41, 5.74) is 2.64. The van der Waals surface area contributed by atoms with Gasteiger partial charge in [0.1, 0.15) is 23.2 Å². The number of hydrogen-bond acceptors (Lipinski definition) is 5. The Morgan fingerprint density at radius 2 is 2.03 bits per heavy atom. The Hall–Kier alpha value is -3.88. The van der Waals surface area contributed by atoms with Crippen molar-refractivity contribution < 1.29 is 9.18 Å². The van der Waals surface area contributed by atoms with Crippen molar-refractivity contribution in [3.8, 4) is 5.69 Å². The summed E-state index contributed by atoms with van der Waals surface area (Å²) in [4.78, 5) is 23.4. The lowest BCUT2D eigenvalue weighted by molar-refractivity contribution is 0.102. The molecule has 5 rings (SSSR count). The second kappa shape index (κ2) is 8.48. The fraction of sp³-hybridized carbons (Fsp3) is 0.320. The zero-order valence-electron chi connectivity index (χ0n) is 19.1. The second-order valence-electron chi connectivity index (χ2n) is 9.01. The van der Waals surface area contributed by atoms with Crippen molar-refractivity contribution in [3.05, 3.63) is 71.2 Å². The summed E-state index contributed by atoms with van der Waals surface area (Å²) in [6, 6.07) is 7.86. The molecule has 3 N–H and O–H groups in total. The molecule has 1 aliphatic carbocycles. The van der Waals surface area contributed by atoms with Crippen molar-refractivity contribution in [2.24, 2.45) is 0 Å². The number of likely N-dealkylation sites (tertiary alicyclic amines) is 1. The van der Waals surface area contributed by atoms with Gasteiger partial charge < -0.3 is 14.8 Å². The quantitative estimate of drug-likeness (QED) is 0.381. The number of pyridine rings is 1. The number of anilines is 1. The van der Waals surface area contributed by atoms with Gasteiger partial charge in [0.05, 0.1) is 23.3 Å². The van der Waals surface area contributed by atoms with Crippen LogP contribution in [-0.2, 0) is 0 Å². The Kier molecular flexibility index (Phi) is 5.47. The van der Waals surface area contributed by atoms with Crippen LogP contribution >= 0.6 is 0 Å². The summed E-state index contributed by atoms with van der Waals surface area (Å²) in [7, 11) is 0. The molecule has 0 radical (unpaired) electrons. The molecule has 1 aromatic carbocycles. The van der Waals surface area contributed by atoms with Crippen LogP contribution in [0.15, 0.2) is 42.9 Å². The van der Waals surface area contributed by atoms with Gasteiger partial charge in [-0.1, -0.05) is 6.07 Å². The molecule has 3 aromatic rings. The molecule has 1 aliphatic heterocycles. The van der Waals surface area contributed by atoms with Crippen molar-refractivity contribution in [1.29, 1.82) is 10.8 Å². The maximum absolute atomic E-state index is 14.8. The molecule has 2 aliphatic rings. The first-order chi connectivity index (χ1) is 16.3. The Morgan fingerprint density at radius 3 is 2.74 bits per heavy atom. The average Bonchev–Trinajstić information content (AvgIpc) is 3.45. The zero-order chi connectivity index (χ0) is 24.0. The fourth-order valence-electron chi connectivity index (χ4n) is 4.33. The molecule has 3 heterocycles. The molecule has 8 nitrogen and oxygen atoms in total. The number of nitrogens with zero attached hydrogens (tertiary/aromatic N) is 4. The minimum absolute atomic E-state index is 0.0451. The number of carbonyl (C=O) groups is 1. The number of imidazole rings is 1. The van der Waals surface area contributed by atoms with Crippen LogP contribution in [0.25, 0.3) is 5.69 Å². The van der Waals surface area contributed by atoms with Crippen molar-refractivity contribution in [2.75, 3.05) is 5.32 Å². The summed E-state index contributed by atoms with van der Waals surface area (Å²) in [6.07, 6.45) is 7.33. The lowest BCUT2D eigenvalue weighted by Gasteiger charge is -2.23. The molecule has 34 heavy (non-hydrogen) atoms. The van der Waals surface area contributed by atoms with E-state index in [1.165, 1.54) is 12.1 Å². The van der Waals surface area contributed by atoms with Crippen LogP contribution in [0.3, 0.4) is 0 Å². The third kappa shape index (κ3) is 4.09. The van der Waals surface area contributed by atoms with Gasteiger partial charge in [-0.25, -0.2) is 14.4 Å². The van der Waals surface area contributed by atoms with Crippen molar-refractivity contribution in [2.45, 2.75) is 51.5 Å². The van der Waals surface area contributed by atoms with Crippen LogP contribution in [0.1, 0.15) is 65.8 Å². The number of aryl methyl sites for hydroxylation is 1. The van der Waals surface area contributed by atoms with Crippen LogP contribution in [0.2, 0.25) is 0 Å². The first-order valence-electron chi connectivity index (χ1n) is 11.4. The highest BCUT2D eigenvalue weighted by Crippen LogP contribution is 2.39. The average molecular weight is 460 g/mol. The number of amides is 1. The number of rotatable bonds is 5. The SMILES string of the molecule is Cc1cc(F)c(C(=O)Nc2cccc(C(=N)N3C(=N)CC[C@@H]3C)n2)cc1-n1cnc(C2CC2)c1. The Labute approximate surface area is 196 Å². The van der Waals surface area contributed by atoms with Crippen molar-refractivity contribution in [3.63, 3.8) is 0 Å². The highest BCUT2D eigenvalue weighted by Gasteiger charge is 2.29. The number of halogens is 1. The molecule has 1 atom stereocenters. The number of amidine groups is 2. The molecular weight excluding hydrogens is 433 g/mol. The van der Waals surface area contributed by atoms with E-state index in [2.05, 4.69) is 15.3 Å². The highest BCUT2D eigenvalue weighted by molar-refractivity contribution is 6.08. The minimum Gasteiger partial charge on any atom is -0.311 e. The normalized spacial score (nSPS) is 17.8. The van der Waals surface area contributed by atoms with Gasteiger partial charge in [0.2, 0.25) is 0 Å². The standard InChI is InChI=1S/C25H26FN7O/c1-14-10-18(26)17(11-21(14)32-12-20(29-13-32)16-7-8-16)25(34)31-23-5-3-4-19(30-23)24(28)33-15(2)6-9-22(33)27/h3-5,10-13,15-16,27-28H,6-9H2,1-2H3,(H,30,31,34)/t15-/m0/s1. The van der Waals surface area contributed by atoms with E-state index in [0.717, 1.165) is 25.0 Å². The molecule has 0 spiro atoms. The Bertz CT molecular complexity index is 1310. The van der Waals surface area contributed by atoms with Gasteiger partial charge >= 0.3 is 0 Å². The molecule has 1 saturated heterocycles. The third-order valence-corrected chi connectivity index (χ3v) is 6.41. The summed E-state index contributed by atoms with van der Waals surface area (Å²) in [5, 5.41) is 19.2. The van der Waals surface area contributed by atoms with E-state index >= 15 is 0 Å². The van der Waals surface area contributed by atoms with E-state index in [1.54, 1.807) is 36.4 Å². The molecule has 1 saturated carbocycles. The van der Waals surface area contributed by atoms with E-state index in [9.17, 15) is 9.18 Å². The van der Waals surface area contributed by atoms with Crippen molar-refractivity contribution >= 4 is 23.4 Å². The first-order valence-corrected chi connectivity index (χ1v) is 11.4. The summed E-state index contributed by atoms with van der Waals surface area (Å²) in [6.45, 7) is 3.76. The number of aromatic nitrogens is 3. The van der Waals surface area contributed by atoms with E-state index < -0.39 is 11.7 Å². The smallest absolute Gasteiger partial charge is 0.259 e. The van der Waals surface area contributed by atoms with E-state index in [0.29, 0.717) is 35.1 Å². The minimum atomic E-state index is -0.625. The number of hydrogen-bond donors (Lipinski definition) is 3. The van der Waals surface area contributed by atoms with Gasteiger partial charge in [-0.05, 0) is 62.9 Å². The second-order valence-corrected chi connectivity index (χ2v) is 9.01. The predicted molar refractivity (Wildman–Crippen MR) is 128 cm³/mol. The lowest BCUT2D eigenvalue weighted by Crippen LogP contribution is -2.37. The maximum Gasteiger partial charge on any atom is 0.259 e. The first kappa shape index (κ1) is 21.9. The number of nitrogens with one attached hydrogen (secondary N) is 3. The molecule has 0 bridgehead atoms. The third-order valence-electron chi connectivity index (χ3n) is 6.41. The van der Waals surface area contributed by atoms with Crippen LogP contribution in [0.5, 0.6) is 0 Å². The zero-order valence-corrected chi connectivity index (χ0v) is 19.1. The summed E-state index contributed by atoms with van der Waals surface area (Å²) in [5.74, 6) is -0.0435. The Morgan fingerprint density at radius 1 is 1.24 bits per heavy atom. The van der Waals surface area contributed by atoms with E-state index in [4.69, 9.17) is 10.8 Å². The van der Waals surface area contributed by atoms with Crippen LogP contribution in [0.4, 0.5) is 10.2 Å². The molecule has 174 valence electrons. The van der Waals surface area contributed by atoms with Crippen LogP contribution < -0.4 is 5.32 Å². The van der Waals surface area contributed by atoms with Gasteiger partial charge in [0.15, 0.2) is 5.84 Å². The largest absolute Gasteiger partial charge is 0.311 e. The number of carbonyl (C=O) groups excluding carboxylic acids is 1. The maximum atomic E-state index is 14.8. The molecule has 2 aromatic heterocycles. The van der Waals surface area contributed by atoms with Gasteiger partial charge in [-0.15, -0.1) is 0 Å². The molecule has 0 unspecified atom stereocenters. The molecule has 1 amide bonds. The molecule has 2 fully saturated rings. The van der Waals surface area contributed by atoms with Gasteiger partial charge in [-0.3, -0.25) is 15.6 Å². The van der Waals surface area contributed by atoms with E-state index in [1.807, 2.05) is 17.7 Å². The fourth-order valence-corrected chi connectivity index (χ4v) is 4.33. The monoisotopic (exact) mass is 459 g/mol. The highest BCUT2D eigenvalue weighted by atomic mass is 19.1. The van der Waals surface area contributed by atoms with Gasteiger partial charge in [0.25, 0.3) is 5.91 Å².